The van der Waals surface area contributed by atoms with E-state index in [1.54, 1.807) is 0 Å². The highest BCUT2D eigenvalue weighted by molar-refractivity contribution is 5.69. The summed E-state index contributed by atoms with van der Waals surface area (Å²) in [6.45, 7) is 9.88. The van der Waals surface area contributed by atoms with Crippen molar-refractivity contribution in [3.05, 3.63) is 0 Å². The second-order valence-corrected chi connectivity index (χ2v) is 6.30. The molecule has 0 saturated carbocycles. The van der Waals surface area contributed by atoms with Crippen LogP contribution in [0.25, 0.3) is 0 Å². The average molecular weight is 257 g/mol. The smallest absolute Gasteiger partial charge is 0.305 e. The summed E-state index contributed by atoms with van der Waals surface area (Å²) >= 11 is 0. The molecule has 108 valence electrons. The van der Waals surface area contributed by atoms with Crippen LogP contribution in [0.5, 0.6) is 0 Å². The molecule has 1 atom stereocenters. The lowest BCUT2D eigenvalue weighted by molar-refractivity contribution is -0.144. The summed E-state index contributed by atoms with van der Waals surface area (Å²) in [6, 6.07) is 0. The standard InChI is InChI=1S/C15H31NO2/c1-5-6-13(9-11-16)7-8-14(17)18-12-10-15(2,3)4/h13H,5-12,16H2,1-4H3. The molecule has 2 N–H and O–H groups in total. The summed E-state index contributed by atoms with van der Waals surface area (Å²) in [5, 5.41) is 0. The summed E-state index contributed by atoms with van der Waals surface area (Å²) < 4.78 is 5.25. The molecule has 0 fully saturated rings. The molecular weight excluding hydrogens is 226 g/mol. The number of rotatable bonds is 9. The van der Waals surface area contributed by atoms with E-state index in [0.717, 1.165) is 32.1 Å². The molecule has 0 heterocycles. The van der Waals surface area contributed by atoms with Crippen LogP contribution in [-0.4, -0.2) is 19.1 Å². The topological polar surface area (TPSA) is 52.3 Å². The fourth-order valence-electron chi connectivity index (χ4n) is 1.94. The lowest BCUT2D eigenvalue weighted by Gasteiger charge is -2.18. The van der Waals surface area contributed by atoms with Gasteiger partial charge in [0.1, 0.15) is 0 Å². The lowest BCUT2D eigenvalue weighted by Crippen LogP contribution is -2.15. The van der Waals surface area contributed by atoms with Gasteiger partial charge >= 0.3 is 5.97 Å². The van der Waals surface area contributed by atoms with E-state index >= 15 is 0 Å². The first-order chi connectivity index (χ1) is 8.39. The Kier molecular flexibility index (Phi) is 9.08. The van der Waals surface area contributed by atoms with E-state index in [-0.39, 0.29) is 11.4 Å². The molecule has 3 heteroatoms. The maximum absolute atomic E-state index is 11.6. The highest BCUT2D eigenvalue weighted by Crippen LogP contribution is 2.19. The first kappa shape index (κ1) is 17.4. The van der Waals surface area contributed by atoms with Gasteiger partial charge in [-0.15, -0.1) is 0 Å². The minimum Gasteiger partial charge on any atom is -0.466 e. The molecule has 1 unspecified atom stereocenters. The van der Waals surface area contributed by atoms with E-state index in [2.05, 4.69) is 27.7 Å². The molecule has 3 nitrogen and oxygen atoms in total. The predicted molar refractivity (Wildman–Crippen MR) is 76.3 cm³/mol. The molecule has 0 aromatic rings. The maximum Gasteiger partial charge on any atom is 0.305 e. The lowest BCUT2D eigenvalue weighted by atomic mass is 9.93. The third kappa shape index (κ3) is 10.6. The molecule has 0 saturated heterocycles. The zero-order valence-corrected chi connectivity index (χ0v) is 12.6. The first-order valence-corrected chi connectivity index (χ1v) is 7.24. The number of carbonyl (C=O) groups is 1. The molecule has 0 aliphatic rings. The molecule has 0 amide bonds. The summed E-state index contributed by atoms with van der Waals surface area (Å²) in [5.74, 6) is 0.521. The Morgan fingerprint density at radius 2 is 1.89 bits per heavy atom. The number of hydrogen-bond acceptors (Lipinski definition) is 3. The van der Waals surface area contributed by atoms with Gasteiger partial charge in [-0.3, -0.25) is 4.79 Å². The quantitative estimate of drug-likeness (QED) is 0.643. The maximum atomic E-state index is 11.6. The Balaban J connectivity index is 3.73. The average Bonchev–Trinajstić information content (AvgIpc) is 2.25. The van der Waals surface area contributed by atoms with Gasteiger partial charge in [0.25, 0.3) is 0 Å². The van der Waals surface area contributed by atoms with Crippen molar-refractivity contribution < 1.29 is 9.53 Å². The third-order valence-corrected chi connectivity index (χ3v) is 3.14. The van der Waals surface area contributed by atoms with E-state index in [1.807, 2.05) is 0 Å². The van der Waals surface area contributed by atoms with Gasteiger partial charge in [0.05, 0.1) is 6.61 Å². The van der Waals surface area contributed by atoms with Crippen LogP contribution in [0.3, 0.4) is 0 Å². The van der Waals surface area contributed by atoms with Crippen LogP contribution in [0.4, 0.5) is 0 Å². The fourth-order valence-corrected chi connectivity index (χ4v) is 1.94. The number of nitrogens with two attached hydrogens (primary N) is 1. The van der Waals surface area contributed by atoms with Crippen molar-refractivity contribution in [2.75, 3.05) is 13.2 Å². The van der Waals surface area contributed by atoms with Crippen molar-refractivity contribution in [1.82, 2.24) is 0 Å². The highest BCUT2D eigenvalue weighted by Gasteiger charge is 2.13. The minimum absolute atomic E-state index is 0.0580. The monoisotopic (exact) mass is 257 g/mol. The Morgan fingerprint density at radius 1 is 1.22 bits per heavy atom. The van der Waals surface area contributed by atoms with Crippen molar-refractivity contribution in [1.29, 1.82) is 0 Å². The van der Waals surface area contributed by atoms with Crippen LogP contribution in [0.15, 0.2) is 0 Å². The Hall–Kier alpha value is -0.570. The SMILES string of the molecule is CCCC(CCN)CCC(=O)OCCC(C)(C)C. The van der Waals surface area contributed by atoms with E-state index in [0.29, 0.717) is 25.5 Å². The number of esters is 1. The van der Waals surface area contributed by atoms with Crippen molar-refractivity contribution in [3.8, 4) is 0 Å². The predicted octanol–water partition coefficient (Wildman–Crippen LogP) is 3.51. The van der Waals surface area contributed by atoms with E-state index in [1.165, 1.54) is 0 Å². The van der Waals surface area contributed by atoms with Gasteiger partial charge in [-0.2, -0.15) is 0 Å². The van der Waals surface area contributed by atoms with Crippen LogP contribution in [0, 0.1) is 11.3 Å². The third-order valence-electron chi connectivity index (χ3n) is 3.14. The van der Waals surface area contributed by atoms with E-state index < -0.39 is 0 Å². The van der Waals surface area contributed by atoms with Gasteiger partial charge in [-0.05, 0) is 37.1 Å². The Labute approximate surface area is 112 Å². The molecule has 0 rings (SSSR count). The zero-order chi connectivity index (χ0) is 14.0. The molecule has 0 bridgehead atoms. The van der Waals surface area contributed by atoms with E-state index in [4.69, 9.17) is 10.5 Å². The fraction of sp³-hybridized carbons (Fsp3) is 0.933. The van der Waals surface area contributed by atoms with Crippen LogP contribution >= 0.6 is 0 Å². The Morgan fingerprint density at radius 3 is 2.39 bits per heavy atom. The second kappa shape index (κ2) is 9.37. The molecule has 0 aliphatic carbocycles. The largest absolute Gasteiger partial charge is 0.466 e. The van der Waals surface area contributed by atoms with Crippen LogP contribution in [-0.2, 0) is 9.53 Å². The summed E-state index contributed by atoms with van der Waals surface area (Å²) in [7, 11) is 0. The normalized spacial score (nSPS) is 13.4. The van der Waals surface area contributed by atoms with Gasteiger partial charge in [0.2, 0.25) is 0 Å². The molecule has 0 radical (unpaired) electrons. The van der Waals surface area contributed by atoms with Crippen molar-refractivity contribution in [3.63, 3.8) is 0 Å². The first-order valence-electron chi connectivity index (χ1n) is 7.24. The van der Waals surface area contributed by atoms with Gasteiger partial charge in [-0.1, -0.05) is 40.5 Å². The molecule has 0 aromatic heterocycles. The van der Waals surface area contributed by atoms with Gasteiger partial charge in [-0.25, -0.2) is 0 Å². The minimum atomic E-state index is -0.0580. The zero-order valence-electron chi connectivity index (χ0n) is 12.6. The van der Waals surface area contributed by atoms with Crippen molar-refractivity contribution >= 4 is 5.97 Å². The number of hydrogen-bond donors (Lipinski definition) is 1. The molecular formula is C15H31NO2. The van der Waals surface area contributed by atoms with Gasteiger partial charge in [0.15, 0.2) is 0 Å². The second-order valence-electron chi connectivity index (χ2n) is 6.30. The molecule has 0 aromatic carbocycles. The molecule has 0 spiro atoms. The van der Waals surface area contributed by atoms with Crippen molar-refractivity contribution in [2.24, 2.45) is 17.1 Å². The van der Waals surface area contributed by atoms with Crippen LogP contribution < -0.4 is 5.73 Å². The summed E-state index contributed by atoms with van der Waals surface area (Å²) in [5.41, 5.74) is 5.80. The molecule has 0 aliphatic heterocycles. The van der Waals surface area contributed by atoms with Crippen LogP contribution in [0.2, 0.25) is 0 Å². The van der Waals surface area contributed by atoms with Gasteiger partial charge < -0.3 is 10.5 Å². The van der Waals surface area contributed by atoms with E-state index in [9.17, 15) is 4.79 Å². The molecule has 18 heavy (non-hydrogen) atoms. The number of carbonyl (C=O) groups excluding carboxylic acids is 1. The summed E-state index contributed by atoms with van der Waals surface area (Å²) in [6.07, 6.45) is 5.70. The Bertz CT molecular complexity index is 215. The summed E-state index contributed by atoms with van der Waals surface area (Å²) in [4.78, 5) is 11.6. The van der Waals surface area contributed by atoms with Gasteiger partial charge in [0, 0.05) is 6.42 Å². The van der Waals surface area contributed by atoms with Crippen LogP contribution in [0.1, 0.15) is 66.2 Å². The highest BCUT2D eigenvalue weighted by atomic mass is 16.5. The number of ether oxygens (including phenoxy) is 1. The van der Waals surface area contributed by atoms with Crippen molar-refractivity contribution in [2.45, 2.75) is 66.2 Å².